The van der Waals surface area contributed by atoms with Gasteiger partial charge in [-0.2, -0.15) is 0 Å². The van der Waals surface area contributed by atoms with Crippen LogP contribution in [0.4, 0.5) is 0 Å². The Balaban J connectivity index is 1.79. The van der Waals surface area contributed by atoms with Crippen LogP contribution in [0.1, 0.15) is 32.1 Å². The molecule has 1 fully saturated rings. The van der Waals surface area contributed by atoms with Crippen LogP contribution in [0.2, 0.25) is 0 Å². The molecular weight excluding hydrogens is 210 g/mol. The monoisotopic (exact) mass is 229 g/mol. The third kappa shape index (κ3) is 2.06. The highest BCUT2D eigenvalue weighted by Gasteiger charge is 2.33. The minimum absolute atomic E-state index is 0.413. The van der Waals surface area contributed by atoms with Gasteiger partial charge >= 0.3 is 0 Å². The van der Waals surface area contributed by atoms with Gasteiger partial charge in [-0.25, -0.2) is 0 Å². The number of hydrogen-bond donors (Lipinski definition) is 1. The molecule has 0 aromatic carbocycles. The number of rotatable bonds is 2. The summed E-state index contributed by atoms with van der Waals surface area (Å²) in [6.45, 7) is 3.81. The van der Waals surface area contributed by atoms with Gasteiger partial charge in [0.2, 0.25) is 0 Å². The molecule has 0 bridgehead atoms. The average molecular weight is 229 g/mol. The second-order valence-corrected chi connectivity index (χ2v) is 5.17. The third-order valence-corrected chi connectivity index (χ3v) is 4.03. The molecule has 3 nitrogen and oxygen atoms in total. The quantitative estimate of drug-likeness (QED) is 0.726. The van der Waals surface area contributed by atoms with E-state index in [0.717, 1.165) is 19.3 Å². The number of hydrogen-bond acceptors (Lipinski definition) is 3. The van der Waals surface area contributed by atoms with E-state index < -0.39 is 0 Å². The first-order valence-electron chi connectivity index (χ1n) is 6.51. The van der Waals surface area contributed by atoms with Crippen molar-refractivity contribution in [2.45, 2.75) is 44.2 Å². The van der Waals surface area contributed by atoms with E-state index in [4.69, 9.17) is 4.99 Å². The zero-order chi connectivity index (χ0) is 11.7. The van der Waals surface area contributed by atoms with Crippen molar-refractivity contribution in [3.05, 3.63) is 24.4 Å². The Morgan fingerprint density at radius 1 is 1.47 bits per heavy atom. The maximum atomic E-state index is 4.91. The van der Waals surface area contributed by atoms with Gasteiger partial charge in [0.05, 0.1) is 18.4 Å². The van der Waals surface area contributed by atoms with E-state index in [9.17, 15) is 0 Å². The van der Waals surface area contributed by atoms with Crippen molar-refractivity contribution in [1.82, 2.24) is 5.32 Å². The van der Waals surface area contributed by atoms with E-state index >= 15 is 0 Å². The molecule has 2 heterocycles. The lowest BCUT2D eigenvalue weighted by Gasteiger charge is -2.36. The Morgan fingerprint density at radius 3 is 3.29 bits per heavy atom. The minimum atomic E-state index is 0.413. The molecular formula is C14H19N3. The molecule has 0 saturated heterocycles. The first-order chi connectivity index (χ1) is 8.36. The summed E-state index contributed by atoms with van der Waals surface area (Å²) >= 11 is 0. The number of aliphatic imine (C=N–C) groups is 2. The second-order valence-electron chi connectivity index (χ2n) is 5.17. The molecule has 3 unspecified atom stereocenters. The van der Waals surface area contributed by atoms with E-state index in [1.807, 2.05) is 12.4 Å². The van der Waals surface area contributed by atoms with E-state index in [0.29, 0.717) is 18.0 Å². The van der Waals surface area contributed by atoms with Gasteiger partial charge in [-0.15, -0.1) is 6.58 Å². The predicted octanol–water partition coefficient (Wildman–Crippen LogP) is 2.46. The average Bonchev–Trinajstić information content (AvgIpc) is 2.36. The van der Waals surface area contributed by atoms with Crippen LogP contribution in [0.5, 0.6) is 0 Å². The van der Waals surface area contributed by atoms with Crippen molar-refractivity contribution in [1.29, 1.82) is 0 Å². The molecule has 1 saturated carbocycles. The van der Waals surface area contributed by atoms with E-state index in [1.165, 1.54) is 24.1 Å². The predicted molar refractivity (Wildman–Crippen MR) is 71.5 cm³/mol. The molecule has 90 valence electrons. The summed E-state index contributed by atoms with van der Waals surface area (Å²) in [6, 6.07) is 0.895. The summed E-state index contributed by atoms with van der Waals surface area (Å²) in [5.74, 6) is 0.675. The van der Waals surface area contributed by atoms with Crippen LogP contribution >= 0.6 is 0 Å². The lowest BCUT2D eigenvalue weighted by molar-refractivity contribution is 0.428. The minimum Gasteiger partial charge on any atom is -0.353 e. The highest BCUT2D eigenvalue weighted by molar-refractivity contribution is 5.91. The van der Waals surface area contributed by atoms with Crippen LogP contribution in [0.15, 0.2) is 34.4 Å². The molecule has 1 aliphatic carbocycles. The van der Waals surface area contributed by atoms with Gasteiger partial charge in [-0.3, -0.25) is 9.98 Å². The van der Waals surface area contributed by atoms with Gasteiger partial charge in [0.25, 0.3) is 0 Å². The number of nitrogens with zero attached hydrogens (tertiary/aromatic N) is 2. The van der Waals surface area contributed by atoms with Crippen LogP contribution in [0.3, 0.4) is 0 Å². The molecule has 0 spiro atoms. The smallest absolute Gasteiger partial charge is 0.0870 e. The van der Waals surface area contributed by atoms with Crippen molar-refractivity contribution in [2.24, 2.45) is 15.9 Å². The van der Waals surface area contributed by atoms with Crippen molar-refractivity contribution < 1.29 is 0 Å². The van der Waals surface area contributed by atoms with E-state index in [-0.39, 0.29) is 0 Å². The Morgan fingerprint density at radius 2 is 2.41 bits per heavy atom. The lowest BCUT2D eigenvalue weighted by atomic mass is 9.76. The van der Waals surface area contributed by atoms with Gasteiger partial charge in [0.1, 0.15) is 0 Å². The summed E-state index contributed by atoms with van der Waals surface area (Å²) in [5.41, 5.74) is 2.81. The second kappa shape index (κ2) is 4.47. The normalized spacial score (nSPS) is 34.9. The summed E-state index contributed by atoms with van der Waals surface area (Å²) in [4.78, 5) is 9.43. The molecule has 0 aromatic rings. The van der Waals surface area contributed by atoms with Crippen molar-refractivity contribution in [3.8, 4) is 0 Å². The van der Waals surface area contributed by atoms with E-state index in [1.54, 1.807) is 0 Å². The molecule has 2 aliphatic heterocycles. The largest absolute Gasteiger partial charge is 0.353 e. The topological polar surface area (TPSA) is 36.8 Å². The molecule has 0 amide bonds. The summed E-state index contributed by atoms with van der Waals surface area (Å²) < 4.78 is 0. The molecule has 17 heavy (non-hydrogen) atoms. The zero-order valence-electron chi connectivity index (χ0n) is 10.1. The van der Waals surface area contributed by atoms with Gasteiger partial charge in [-0.05, 0) is 37.2 Å². The van der Waals surface area contributed by atoms with Crippen molar-refractivity contribution >= 4 is 12.1 Å². The van der Waals surface area contributed by atoms with Crippen LogP contribution in [0, 0.1) is 5.92 Å². The van der Waals surface area contributed by atoms with E-state index in [2.05, 4.69) is 23.1 Å². The fourth-order valence-corrected chi connectivity index (χ4v) is 3.10. The first-order valence-corrected chi connectivity index (χ1v) is 6.51. The zero-order valence-corrected chi connectivity index (χ0v) is 10.1. The van der Waals surface area contributed by atoms with Gasteiger partial charge in [-0.1, -0.05) is 6.08 Å². The molecule has 0 radical (unpaired) electrons. The Bertz CT molecular complexity index is 406. The standard InChI is InChI=1S/C14H19N3/c1-2-3-12-5-4-10-6-13-11(7-14(10)17-12)8-15-9-16-13/h2,8-10,12-13H,1,3-7H2,(H,15,16). The summed E-state index contributed by atoms with van der Waals surface area (Å²) in [6.07, 6.45) is 11.6. The molecule has 3 atom stereocenters. The van der Waals surface area contributed by atoms with Gasteiger partial charge in [0, 0.05) is 18.3 Å². The summed E-state index contributed by atoms with van der Waals surface area (Å²) in [7, 11) is 0. The molecule has 3 rings (SSSR count). The van der Waals surface area contributed by atoms with Crippen molar-refractivity contribution in [3.63, 3.8) is 0 Å². The van der Waals surface area contributed by atoms with Crippen LogP contribution < -0.4 is 5.32 Å². The SMILES string of the molecule is C=CCC1CCC2CC3N=CNC=C3CC2=N1. The van der Waals surface area contributed by atoms with Crippen LogP contribution in [0.25, 0.3) is 0 Å². The fraction of sp³-hybridized carbons (Fsp3) is 0.571. The summed E-state index contributed by atoms with van der Waals surface area (Å²) in [5, 5.41) is 3.09. The maximum absolute atomic E-state index is 4.91. The highest BCUT2D eigenvalue weighted by Crippen LogP contribution is 2.36. The fourth-order valence-electron chi connectivity index (χ4n) is 3.10. The Labute approximate surface area is 102 Å². The van der Waals surface area contributed by atoms with Gasteiger partial charge < -0.3 is 5.32 Å². The lowest BCUT2D eigenvalue weighted by Crippen LogP contribution is -2.36. The third-order valence-electron chi connectivity index (χ3n) is 4.03. The number of nitrogens with one attached hydrogen (secondary N) is 1. The Kier molecular flexibility index (Phi) is 2.83. The maximum Gasteiger partial charge on any atom is 0.0870 e. The molecule has 0 aromatic heterocycles. The molecule has 3 aliphatic rings. The molecule has 3 heteroatoms. The molecule has 1 N–H and O–H groups in total. The highest BCUT2D eigenvalue weighted by atomic mass is 15.0. The van der Waals surface area contributed by atoms with Gasteiger partial charge in [0.15, 0.2) is 0 Å². The van der Waals surface area contributed by atoms with Crippen molar-refractivity contribution in [2.75, 3.05) is 0 Å². The first kappa shape index (κ1) is 10.8. The number of fused-ring (bicyclic) bond motifs is 2. The Hall–Kier alpha value is -1.38. The van der Waals surface area contributed by atoms with Crippen LogP contribution in [-0.4, -0.2) is 24.1 Å². The van der Waals surface area contributed by atoms with Crippen LogP contribution in [-0.2, 0) is 0 Å².